The molecular weight excluding hydrogens is 154 g/mol. The van der Waals surface area contributed by atoms with E-state index in [0.717, 1.165) is 5.70 Å². The maximum absolute atomic E-state index is 5.59. The summed E-state index contributed by atoms with van der Waals surface area (Å²) in [5.74, 6) is 0.259. The standard InChI is InChI=1S/C8H17N3O/c1-2-12-6-5-7(9)3-4-8(10)11/h3-4H,2,5-6,9-11H2,1H3/b7-3-. The average molecular weight is 171 g/mol. The van der Waals surface area contributed by atoms with Crippen LogP contribution in [-0.4, -0.2) is 13.2 Å². The van der Waals surface area contributed by atoms with Crippen LogP contribution in [0.25, 0.3) is 0 Å². The molecule has 0 saturated carbocycles. The lowest BCUT2D eigenvalue weighted by atomic mass is 10.3. The predicted octanol–water partition coefficient (Wildman–Crippen LogP) is 0.0144. The van der Waals surface area contributed by atoms with Gasteiger partial charge in [0.25, 0.3) is 0 Å². The first-order valence-electron chi connectivity index (χ1n) is 3.91. The molecule has 0 unspecified atom stereocenters. The summed E-state index contributed by atoms with van der Waals surface area (Å²) in [6.07, 6.45) is 3.97. The van der Waals surface area contributed by atoms with Gasteiger partial charge in [0.2, 0.25) is 0 Å². The molecule has 0 fully saturated rings. The molecule has 0 rings (SSSR count). The Morgan fingerprint density at radius 1 is 1.25 bits per heavy atom. The van der Waals surface area contributed by atoms with Crippen LogP contribution in [0.1, 0.15) is 13.3 Å². The molecule has 0 atom stereocenters. The third kappa shape index (κ3) is 6.95. The summed E-state index contributed by atoms with van der Waals surface area (Å²) in [6.45, 7) is 3.29. The summed E-state index contributed by atoms with van der Waals surface area (Å²) < 4.78 is 5.11. The lowest BCUT2D eigenvalue weighted by Gasteiger charge is -2.00. The minimum absolute atomic E-state index is 0.259. The zero-order valence-corrected chi connectivity index (χ0v) is 7.42. The van der Waals surface area contributed by atoms with E-state index in [1.165, 1.54) is 0 Å². The van der Waals surface area contributed by atoms with Gasteiger partial charge in [0.15, 0.2) is 0 Å². The molecule has 6 N–H and O–H groups in total. The van der Waals surface area contributed by atoms with Crippen LogP contribution in [0, 0.1) is 0 Å². The van der Waals surface area contributed by atoms with Gasteiger partial charge in [-0.15, -0.1) is 0 Å². The molecule has 0 amide bonds. The van der Waals surface area contributed by atoms with Gasteiger partial charge in [-0.3, -0.25) is 0 Å². The number of hydrogen-bond donors (Lipinski definition) is 3. The lowest BCUT2D eigenvalue weighted by Crippen LogP contribution is -2.08. The van der Waals surface area contributed by atoms with Crippen LogP contribution in [0.4, 0.5) is 0 Å². The Hall–Kier alpha value is -1.16. The number of hydrogen-bond acceptors (Lipinski definition) is 4. The van der Waals surface area contributed by atoms with Crippen molar-refractivity contribution in [3.8, 4) is 0 Å². The van der Waals surface area contributed by atoms with Crippen LogP contribution >= 0.6 is 0 Å². The highest BCUT2D eigenvalue weighted by atomic mass is 16.5. The van der Waals surface area contributed by atoms with Crippen LogP contribution in [0.5, 0.6) is 0 Å². The molecule has 70 valence electrons. The monoisotopic (exact) mass is 171 g/mol. The fraction of sp³-hybridized carbons (Fsp3) is 0.500. The fourth-order valence-corrected chi connectivity index (χ4v) is 0.621. The van der Waals surface area contributed by atoms with Gasteiger partial charge in [0.1, 0.15) is 0 Å². The first kappa shape index (κ1) is 10.8. The van der Waals surface area contributed by atoms with E-state index >= 15 is 0 Å². The molecule has 0 aliphatic carbocycles. The van der Waals surface area contributed by atoms with Crippen molar-refractivity contribution in [3.05, 3.63) is 23.7 Å². The van der Waals surface area contributed by atoms with Gasteiger partial charge in [0.05, 0.1) is 12.4 Å². The van der Waals surface area contributed by atoms with E-state index in [9.17, 15) is 0 Å². The Bertz CT molecular complexity index is 171. The first-order valence-corrected chi connectivity index (χ1v) is 3.91. The Morgan fingerprint density at radius 3 is 2.42 bits per heavy atom. The predicted molar refractivity (Wildman–Crippen MR) is 49.8 cm³/mol. The summed E-state index contributed by atoms with van der Waals surface area (Å²) in [6, 6.07) is 0. The second kappa shape index (κ2) is 6.54. The minimum Gasteiger partial charge on any atom is -0.402 e. The summed E-state index contributed by atoms with van der Waals surface area (Å²) in [4.78, 5) is 0. The fourth-order valence-electron chi connectivity index (χ4n) is 0.621. The molecular formula is C8H17N3O. The van der Waals surface area contributed by atoms with Crippen LogP contribution in [0.15, 0.2) is 23.7 Å². The molecule has 4 nitrogen and oxygen atoms in total. The second-order valence-corrected chi connectivity index (χ2v) is 2.36. The van der Waals surface area contributed by atoms with Gasteiger partial charge in [-0.25, -0.2) is 0 Å². The van der Waals surface area contributed by atoms with Gasteiger partial charge < -0.3 is 21.9 Å². The van der Waals surface area contributed by atoms with Crippen molar-refractivity contribution in [2.75, 3.05) is 13.2 Å². The van der Waals surface area contributed by atoms with Crippen LogP contribution in [0.2, 0.25) is 0 Å². The summed E-state index contributed by atoms with van der Waals surface area (Å²) in [7, 11) is 0. The van der Waals surface area contributed by atoms with E-state index in [1.54, 1.807) is 12.2 Å². The Morgan fingerprint density at radius 2 is 1.92 bits per heavy atom. The van der Waals surface area contributed by atoms with Gasteiger partial charge in [-0.05, 0) is 19.1 Å². The Kier molecular flexibility index (Phi) is 5.91. The van der Waals surface area contributed by atoms with E-state index in [2.05, 4.69) is 0 Å². The number of rotatable bonds is 5. The van der Waals surface area contributed by atoms with E-state index < -0.39 is 0 Å². The highest BCUT2D eigenvalue weighted by Crippen LogP contribution is 1.93. The van der Waals surface area contributed by atoms with Crippen molar-refractivity contribution in [3.63, 3.8) is 0 Å². The lowest BCUT2D eigenvalue weighted by molar-refractivity contribution is 0.150. The molecule has 0 aliphatic heterocycles. The molecule has 0 aromatic rings. The summed E-state index contributed by atoms with van der Waals surface area (Å²) in [5, 5.41) is 0. The van der Waals surface area contributed by atoms with Gasteiger partial charge >= 0.3 is 0 Å². The van der Waals surface area contributed by atoms with Crippen LogP contribution in [0.3, 0.4) is 0 Å². The van der Waals surface area contributed by atoms with Crippen LogP contribution < -0.4 is 17.2 Å². The highest BCUT2D eigenvalue weighted by molar-refractivity contribution is 5.12. The van der Waals surface area contributed by atoms with E-state index in [1.807, 2.05) is 6.92 Å². The number of nitrogens with two attached hydrogens (primary N) is 3. The Labute approximate surface area is 73.0 Å². The largest absolute Gasteiger partial charge is 0.402 e. The summed E-state index contributed by atoms with van der Waals surface area (Å²) in [5.41, 5.74) is 16.7. The summed E-state index contributed by atoms with van der Waals surface area (Å²) >= 11 is 0. The van der Waals surface area contributed by atoms with Crippen LogP contribution in [-0.2, 0) is 4.74 Å². The third-order valence-electron chi connectivity index (χ3n) is 1.23. The smallest absolute Gasteiger partial charge is 0.0934 e. The molecule has 0 saturated heterocycles. The topological polar surface area (TPSA) is 87.3 Å². The molecule has 12 heavy (non-hydrogen) atoms. The average Bonchev–Trinajstić information content (AvgIpc) is 2.01. The molecule has 0 spiro atoms. The SMILES string of the molecule is CCOCC/C(N)=C/C=C(N)N. The Balaban J connectivity index is 3.63. The zero-order valence-electron chi connectivity index (χ0n) is 7.42. The molecule has 0 aromatic carbocycles. The maximum Gasteiger partial charge on any atom is 0.0934 e. The van der Waals surface area contributed by atoms with Crippen molar-refractivity contribution in [1.82, 2.24) is 0 Å². The van der Waals surface area contributed by atoms with Crippen molar-refractivity contribution >= 4 is 0 Å². The maximum atomic E-state index is 5.59. The van der Waals surface area contributed by atoms with Crippen molar-refractivity contribution in [2.24, 2.45) is 17.2 Å². The van der Waals surface area contributed by atoms with Crippen molar-refractivity contribution in [2.45, 2.75) is 13.3 Å². The van der Waals surface area contributed by atoms with Gasteiger partial charge in [0, 0.05) is 18.7 Å². The van der Waals surface area contributed by atoms with Crippen molar-refractivity contribution < 1.29 is 4.74 Å². The first-order chi connectivity index (χ1) is 5.66. The highest BCUT2D eigenvalue weighted by Gasteiger charge is 1.88. The molecule has 0 aliphatic rings. The molecule has 0 radical (unpaired) electrons. The third-order valence-corrected chi connectivity index (χ3v) is 1.23. The number of allylic oxidation sites excluding steroid dienone is 2. The normalized spacial score (nSPS) is 11.2. The van der Waals surface area contributed by atoms with E-state index in [-0.39, 0.29) is 5.82 Å². The van der Waals surface area contributed by atoms with Gasteiger partial charge in [-0.2, -0.15) is 0 Å². The van der Waals surface area contributed by atoms with Gasteiger partial charge in [-0.1, -0.05) is 0 Å². The quantitative estimate of drug-likeness (QED) is 0.402. The molecule has 0 bridgehead atoms. The molecule has 0 aromatic heterocycles. The second-order valence-electron chi connectivity index (χ2n) is 2.36. The molecule has 4 heteroatoms. The van der Waals surface area contributed by atoms with E-state index in [0.29, 0.717) is 19.6 Å². The minimum atomic E-state index is 0.259. The van der Waals surface area contributed by atoms with E-state index in [4.69, 9.17) is 21.9 Å². The van der Waals surface area contributed by atoms with Crippen molar-refractivity contribution in [1.29, 1.82) is 0 Å². The zero-order chi connectivity index (χ0) is 9.40. The number of ether oxygens (including phenoxy) is 1. The molecule has 0 heterocycles.